The van der Waals surface area contributed by atoms with Crippen LogP contribution in [0.1, 0.15) is 20.8 Å². The third-order valence-corrected chi connectivity index (χ3v) is 3.15. The van der Waals surface area contributed by atoms with Crippen molar-refractivity contribution in [3.63, 3.8) is 0 Å². The molecule has 1 aromatic rings. The number of rotatable bonds is 1. The third-order valence-electron chi connectivity index (χ3n) is 1.41. The molecule has 0 radical (unpaired) electrons. The van der Waals surface area contributed by atoms with Crippen LogP contribution in [-0.4, -0.2) is 15.0 Å². The molecular weight excluding hydrogens is 259 g/mol. The van der Waals surface area contributed by atoms with Gasteiger partial charge in [0.05, 0.1) is 0 Å². The average Bonchev–Trinajstić information content (AvgIpc) is 2.06. The summed E-state index contributed by atoms with van der Waals surface area (Å²) in [4.78, 5) is 3.23. The molecule has 0 nitrogen and oxygen atoms in total. The van der Waals surface area contributed by atoms with Crippen molar-refractivity contribution >= 4 is 31.0 Å². The van der Waals surface area contributed by atoms with Gasteiger partial charge in [0.25, 0.3) is 0 Å². The molecule has 0 aliphatic carbocycles. The fourth-order valence-electron chi connectivity index (χ4n) is 0.740. The Labute approximate surface area is 97.2 Å². The van der Waals surface area contributed by atoms with Gasteiger partial charge in [0, 0.05) is 0 Å². The molecule has 0 fully saturated rings. The van der Waals surface area contributed by atoms with Crippen LogP contribution in [0.25, 0.3) is 0 Å². The Kier molecular flexibility index (Phi) is 4.08. The van der Waals surface area contributed by atoms with Crippen molar-refractivity contribution in [1.82, 2.24) is 0 Å². The molecule has 0 saturated carbocycles. The number of hydrogen-bond donors (Lipinski definition) is 0. The van der Waals surface area contributed by atoms with E-state index in [1.54, 1.807) is 0 Å². The minimum atomic E-state index is 0.105. The second kappa shape index (κ2) is 4.89. The molecule has 0 bridgehead atoms. The van der Waals surface area contributed by atoms with Gasteiger partial charge in [-0.05, 0) is 0 Å². The van der Waals surface area contributed by atoms with E-state index in [1.807, 2.05) is 24.3 Å². The van der Waals surface area contributed by atoms with Gasteiger partial charge < -0.3 is 0 Å². The first-order valence-electron chi connectivity index (χ1n) is 4.42. The van der Waals surface area contributed by atoms with Crippen LogP contribution >= 0.6 is 11.6 Å². The van der Waals surface area contributed by atoms with Crippen molar-refractivity contribution in [2.75, 3.05) is 0 Å². The van der Waals surface area contributed by atoms with E-state index in [0.29, 0.717) is 0 Å². The Balaban J connectivity index is 2.61. The molecule has 0 N–H and O–H groups in total. The molecule has 0 unspecified atom stereocenters. The van der Waals surface area contributed by atoms with Crippen molar-refractivity contribution in [3.05, 3.63) is 29.3 Å². The van der Waals surface area contributed by atoms with E-state index in [4.69, 9.17) is 11.6 Å². The van der Waals surface area contributed by atoms with E-state index in [1.165, 1.54) is 4.46 Å². The molecular formula is C12H13ClSe. The summed E-state index contributed by atoms with van der Waals surface area (Å²) < 4.78 is 1.28. The van der Waals surface area contributed by atoms with Crippen LogP contribution in [-0.2, 0) is 0 Å². The van der Waals surface area contributed by atoms with Gasteiger partial charge in [0.1, 0.15) is 0 Å². The molecule has 0 amide bonds. The Hall–Kier alpha value is -0.411. The standard InChI is InChI=1S/C12H13ClSe/c1-12(2,3)8-9-14-11-6-4-10(13)5-7-11/h4-7H,1-3H3. The van der Waals surface area contributed by atoms with Crippen molar-refractivity contribution < 1.29 is 0 Å². The van der Waals surface area contributed by atoms with Gasteiger partial charge in [-0.1, -0.05) is 0 Å². The number of hydrogen-bond acceptors (Lipinski definition) is 0. The van der Waals surface area contributed by atoms with Gasteiger partial charge >= 0.3 is 97.2 Å². The van der Waals surface area contributed by atoms with E-state index in [2.05, 4.69) is 31.5 Å². The third kappa shape index (κ3) is 4.72. The quantitative estimate of drug-likeness (QED) is 0.544. The normalized spacial score (nSPS) is 10.6. The van der Waals surface area contributed by atoms with Gasteiger partial charge in [-0.2, -0.15) is 0 Å². The summed E-state index contributed by atoms with van der Waals surface area (Å²) in [6, 6.07) is 7.91. The molecule has 1 aromatic carbocycles. The molecule has 2 heteroatoms. The van der Waals surface area contributed by atoms with Gasteiger partial charge in [-0.15, -0.1) is 0 Å². The second-order valence-corrected chi connectivity index (χ2v) is 6.32. The maximum absolute atomic E-state index is 5.79. The Morgan fingerprint density at radius 2 is 1.71 bits per heavy atom. The van der Waals surface area contributed by atoms with Crippen LogP contribution in [0.2, 0.25) is 5.02 Å². The summed E-state index contributed by atoms with van der Waals surface area (Å²) in [7, 11) is 0. The van der Waals surface area contributed by atoms with E-state index in [-0.39, 0.29) is 20.4 Å². The fourth-order valence-corrected chi connectivity index (χ4v) is 2.43. The van der Waals surface area contributed by atoms with Crippen molar-refractivity contribution in [2.24, 2.45) is 5.41 Å². The number of halogens is 1. The zero-order valence-electron chi connectivity index (χ0n) is 8.60. The summed E-state index contributed by atoms with van der Waals surface area (Å²) in [6.07, 6.45) is 0. The molecule has 0 spiro atoms. The molecule has 0 saturated heterocycles. The van der Waals surface area contributed by atoms with Crippen LogP contribution in [0.3, 0.4) is 0 Å². The first kappa shape index (κ1) is 11.7. The first-order chi connectivity index (χ1) is 6.47. The molecule has 14 heavy (non-hydrogen) atoms. The molecule has 1 rings (SSSR count). The van der Waals surface area contributed by atoms with Gasteiger partial charge in [-0.25, -0.2) is 0 Å². The van der Waals surface area contributed by atoms with Crippen LogP contribution in [0.4, 0.5) is 0 Å². The zero-order valence-corrected chi connectivity index (χ0v) is 11.1. The van der Waals surface area contributed by atoms with Crippen molar-refractivity contribution in [2.45, 2.75) is 20.8 Å². The average molecular weight is 272 g/mol. The molecule has 0 aliphatic rings. The van der Waals surface area contributed by atoms with Crippen LogP contribution < -0.4 is 4.46 Å². The molecule has 0 aliphatic heterocycles. The van der Waals surface area contributed by atoms with Gasteiger partial charge in [-0.3, -0.25) is 0 Å². The van der Waals surface area contributed by atoms with Gasteiger partial charge in [0.15, 0.2) is 0 Å². The summed E-state index contributed by atoms with van der Waals surface area (Å²) in [5.74, 6) is 3.23. The summed E-state index contributed by atoms with van der Waals surface area (Å²) >= 11 is 6.04. The monoisotopic (exact) mass is 272 g/mol. The predicted octanol–water partition coefficient (Wildman–Crippen LogP) is 2.68. The maximum atomic E-state index is 5.79. The van der Waals surface area contributed by atoms with Gasteiger partial charge in [0.2, 0.25) is 0 Å². The van der Waals surface area contributed by atoms with Crippen LogP contribution in [0, 0.1) is 16.2 Å². The Bertz CT molecular complexity index is 349. The molecule has 0 heterocycles. The molecule has 0 atom stereocenters. The van der Waals surface area contributed by atoms with E-state index in [9.17, 15) is 0 Å². The topological polar surface area (TPSA) is 0 Å². The zero-order chi connectivity index (χ0) is 10.6. The first-order valence-corrected chi connectivity index (χ1v) is 6.51. The van der Waals surface area contributed by atoms with Crippen molar-refractivity contribution in [3.8, 4) is 10.7 Å². The summed E-state index contributed by atoms with van der Waals surface area (Å²) in [5, 5.41) is 0.785. The van der Waals surface area contributed by atoms with Crippen LogP contribution in [0.5, 0.6) is 0 Å². The van der Waals surface area contributed by atoms with E-state index in [0.717, 1.165) is 5.02 Å². The minimum absolute atomic E-state index is 0.105. The predicted molar refractivity (Wildman–Crippen MR) is 64.1 cm³/mol. The molecule has 74 valence electrons. The van der Waals surface area contributed by atoms with E-state index >= 15 is 0 Å². The fraction of sp³-hybridized carbons (Fsp3) is 0.333. The Morgan fingerprint density at radius 3 is 2.21 bits per heavy atom. The summed E-state index contributed by atoms with van der Waals surface area (Å²) in [5.41, 5.74) is 0.105. The molecule has 0 aromatic heterocycles. The summed E-state index contributed by atoms with van der Waals surface area (Å²) in [6.45, 7) is 6.37. The van der Waals surface area contributed by atoms with E-state index < -0.39 is 0 Å². The SMILES string of the molecule is CC(C)(C)C#C[Se]c1ccc(Cl)cc1. The number of benzene rings is 1. The van der Waals surface area contributed by atoms with Crippen molar-refractivity contribution in [1.29, 1.82) is 0 Å². The Morgan fingerprint density at radius 1 is 1.14 bits per heavy atom. The second-order valence-electron chi connectivity index (χ2n) is 4.03. The van der Waals surface area contributed by atoms with Crippen LogP contribution in [0.15, 0.2) is 24.3 Å².